The lowest BCUT2D eigenvalue weighted by Gasteiger charge is -2.29. The Bertz CT molecular complexity index is 574. The Hall–Kier alpha value is -2.28. The van der Waals surface area contributed by atoms with Crippen molar-refractivity contribution in [3.05, 3.63) is 23.8 Å². The summed E-state index contributed by atoms with van der Waals surface area (Å²) < 4.78 is 15.7. The van der Waals surface area contributed by atoms with Gasteiger partial charge in [0.25, 0.3) is 0 Å². The zero-order valence-corrected chi connectivity index (χ0v) is 13.3. The number of aliphatic carboxylic acids is 1. The van der Waals surface area contributed by atoms with Gasteiger partial charge in [0, 0.05) is 19.7 Å². The van der Waals surface area contributed by atoms with E-state index in [4.69, 9.17) is 19.3 Å². The number of amides is 1. The number of carbonyl (C=O) groups excluding carboxylic acids is 1. The van der Waals surface area contributed by atoms with Crippen molar-refractivity contribution in [3.8, 4) is 11.5 Å². The molecule has 1 aliphatic rings. The first-order chi connectivity index (χ1) is 11.0. The van der Waals surface area contributed by atoms with Gasteiger partial charge in [0.15, 0.2) is 0 Å². The van der Waals surface area contributed by atoms with Crippen LogP contribution in [-0.2, 0) is 20.7 Å². The SMILES string of the molecule is COCCN(CC(=O)O)C(=O)[C@@H]1COc2cc(OC)ccc2C1. The van der Waals surface area contributed by atoms with Crippen LogP contribution in [0.1, 0.15) is 5.56 Å². The number of carbonyl (C=O) groups is 2. The van der Waals surface area contributed by atoms with Crippen molar-refractivity contribution in [1.82, 2.24) is 4.90 Å². The molecular formula is C16H21NO6. The van der Waals surface area contributed by atoms with E-state index in [2.05, 4.69) is 0 Å². The zero-order chi connectivity index (χ0) is 16.8. The highest BCUT2D eigenvalue weighted by Crippen LogP contribution is 2.31. The Kier molecular flexibility index (Phi) is 5.81. The van der Waals surface area contributed by atoms with Crippen LogP contribution in [0.3, 0.4) is 0 Å². The number of ether oxygens (including phenoxy) is 3. The highest BCUT2D eigenvalue weighted by atomic mass is 16.5. The number of fused-ring (bicyclic) bond motifs is 1. The van der Waals surface area contributed by atoms with Crippen molar-refractivity contribution in [3.63, 3.8) is 0 Å². The second-order valence-electron chi connectivity index (χ2n) is 5.33. The summed E-state index contributed by atoms with van der Waals surface area (Å²) in [5.41, 5.74) is 0.914. The van der Waals surface area contributed by atoms with E-state index in [0.29, 0.717) is 24.5 Å². The molecule has 7 nitrogen and oxygen atoms in total. The normalized spacial score (nSPS) is 16.2. The maximum absolute atomic E-state index is 12.6. The molecule has 1 aliphatic heterocycles. The minimum atomic E-state index is -1.05. The quantitative estimate of drug-likeness (QED) is 0.799. The Labute approximate surface area is 134 Å². The molecule has 0 saturated heterocycles. The molecule has 7 heteroatoms. The highest BCUT2D eigenvalue weighted by molar-refractivity contribution is 5.83. The molecule has 0 fully saturated rings. The van der Waals surface area contributed by atoms with Gasteiger partial charge in [0.2, 0.25) is 5.91 Å². The van der Waals surface area contributed by atoms with Crippen LogP contribution in [0.15, 0.2) is 18.2 Å². The summed E-state index contributed by atoms with van der Waals surface area (Å²) in [6.07, 6.45) is 0.515. The van der Waals surface area contributed by atoms with Gasteiger partial charge in [-0.15, -0.1) is 0 Å². The van der Waals surface area contributed by atoms with Crippen molar-refractivity contribution in [2.45, 2.75) is 6.42 Å². The van der Waals surface area contributed by atoms with Crippen LogP contribution in [0.2, 0.25) is 0 Å². The molecule has 2 rings (SSSR count). The fraction of sp³-hybridized carbons (Fsp3) is 0.500. The Morgan fingerprint density at radius 2 is 2.17 bits per heavy atom. The molecule has 1 heterocycles. The van der Waals surface area contributed by atoms with Gasteiger partial charge in [0.1, 0.15) is 24.7 Å². The van der Waals surface area contributed by atoms with Crippen LogP contribution in [0, 0.1) is 5.92 Å². The molecule has 0 radical (unpaired) electrons. The molecule has 1 aromatic carbocycles. The third kappa shape index (κ3) is 4.35. The van der Waals surface area contributed by atoms with E-state index < -0.39 is 11.9 Å². The van der Waals surface area contributed by atoms with Crippen LogP contribution in [0.25, 0.3) is 0 Å². The molecule has 1 atom stereocenters. The maximum Gasteiger partial charge on any atom is 0.323 e. The third-order valence-corrected chi connectivity index (χ3v) is 3.73. The Morgan fingerprint density at radius 3 is 2.83 bits per heavy atom. The molecule has 0 bridgehead atoms. The topological polar surface area (TPSA) is 85.3 Å². The van der Waals surface area contributed by atoms with Gasteiger partial charge in [-0.3, -0.25) is 9.59 Å². The highest BCUT2D eigenvalue weighted by Gasteiger charge is 2.30. The number of carboxylic acids is 1. The van der Waals surface area contributed by atoms with Gasteiger partial charge in [-0.25, -0.2) is 0 Å². The molecule has 1 N–H and O–H groups in total. The summed E-state index contributed by atoms with van der Waals surface area (Å²) in [5, 5.41) is 8.97. The molecular weight excluding hydrogens is 302 g/mol. The van der Waals surface area contributed by atoms with E-state index in [-0.39, 0.29) is 25.6 Å². The predicted molar refractivity (Wildman–Crippen MR) is 81.8 cm³/mol. The number of hydrogen-bond acceptors (Lipinski definition) is 5. The number of carboxylic acid groups (broad SMARTS) is 1. The number of benzene rings is 1. The van der Waals surface area contributed by atoms with Crippen molar-refractivity contribution in [2.75, 3.05) is 40.5 Å². The second kappa shape index (κ2) is 7.82. The van der Waals surface area contributed by atoms with Crippen LogP contribution < -0.4 is 9.47 Å². The summed E-state index contributed by atoms with van der Waals surface area (Å²) in [7, 11) is 3.09. The summed E-state index contributed by atoms with van der Waals surface area (Å²) in [6.45, 7) is 0.421. The Balaban J connectivity index is 2.08. The van der Waals surface area contributed by atoms with Crippen LogP contribution in [-0.4, -0.2) is 62.4 Å². The third-order valence-electron chi connectivity index (χ3n) is 3.73. The summed E-state index contributed by atoms with van der Waals surface area (Å²) in [6, 6.07) is 5.47. The van der Waals surface area contributed by atoms with E-state index in [9.17, 15) is 9.59 Å². The molecule has 126 valence electrons. The van der Waals surface area contributed by atoms with Crippen molar-refractivity contribution < 1.29 is 28.9 Å². The van der Waals surface area contributed by atoms with Gasteiger partial charge < -0.3 is 24.2 Å². The van der Waals surface area contributed by atoms with Gasteiger partial charge in [-0.1, -0.05) is 6.07 Å². The van der Waals surface area contributed by atoms with Gasteiger partial charge in [0.05, 0.1) is 19.6 Å². The zero-order valence-electron chi connectivity index (χ0n) is 13.3. The van der Waals surface area contributed by atoms with Crippen LogP contribution >= 0.6 is 0 Å². The van der Waals surface area contributed by atoms with Crippen molar-refractivity contribution in [1.29, 1.82) is 0 Å². The predicted octanol–water partition coefficient (Wildman–Crippen LogP) is 0.806. The summed E-state index contributed by atoms with van der Waals surface area (Å²) in [4.78, 5) is 24.8. The molecule has 0 aliphatic carbocycles. The van der Waals surface area contributed by atoms with Gasteiger partial charge in [-0.2, -0.15) is 0 Å². The molecule has 0 spiro atoms. The van der Waals surface area contributed by atoms with Gasteiger partial charge in [-0.05, 0) is 18.1 Å². The smallest absolute Gasteiger partial charge is 0.323 e. The average molecular weight is 323 g/mol. The summed E-state index contributed by atoms with van der Waals surface area (Å²) in [5.74, 6) is -0.273. The fourth-order valence-corrected chi connectivity index (χ4v) is 2.53. The first-order valence-electron chi connectivity index (χ1n) is 7.34. The molecule has 23 heavy (non-hydrogen) atoms. The number of hydrogen-bond donors (Lipinski definition) is 1. The van der Waals surface area contributed by atoms with Crippen LogP contribution in [0.4, 0.5) is 0 Å². The van der Waals surface area contributed by atoms with E-state index in [0.717, 1.165) is 5.56 Å². The lowest BCUT2D eigenvalue weighted by Crippen LogP contribution is -2.44. The average Bonchev–Trinajstić information content (AvgIpc) is 2.56. The lowest BCUT2D eigenvalue weighted by atomic mass is 9.95. The summed E-state index contributed by atoms with van der Waals surface area (Å²) >= 11 is 0. The lowest BCUT2D eigenvalue weighted by molar-refractivity contribution is -0.147. The molecule has 1 amide bonds. The molecule has 0 aromatic heterocycles. The monoisotopic (exact) mass is 323 g/mol. The van der Waals surface area contributed by atoms with E-state index >= 15 is 0 Å². The first kappa shape index (κ1) is 17.1. The second-order valence-corrected chi connectivity index (χ2v) is 5.33. The molecule has 0 saturated carbocycles. The fourth-order valence-electron chi connectivity index (χ4n) is 2.53. The van der Waals surface area contributed by atoms with Crippen molar-refractivity contribution in [2.24, 2.45) is 5.92 Å². The minimum absolute atomic E-state index is 0.224. The maximum atomic E-state index is 12.6. The Morgan fingerprint density at radius 1 is 1.39 bits per heavy atom. The molecule has 0 unspecified atom stereocenters. The number of methoxy groups -OCH3 is 2. The van der Waals surface area contributed by atoms with E-state index in [1.54, 1.807) is 13.2 Å². The standard InChI is InChI=1S/C16H21NO6/c1-21-6-5-17(9-15(18)19)16(20)12-7-11-3-4-13(22-2)8-14(11)23-10-12/h3-4,8,12H,5-7,9-10H2,1-2H3,(H,18,19)/t12-/m0/s1. The number of nitrogens with zero attached hydrogens (tertiary/aromatic N) is 1. The van der Waals surface area contributed by atoms with Gasteiger partial charge >= 0.3 is 5.97 Å². The minimum Gasteiger partial charge on any atom is -0.497 e. The van der Waals surface area contributed by atoms with E-state index in [1.165, 1.54) is 12.0 Å². The van der Waals surface area contributed by atoms with Crippen molar-refractivity contribution >= 4 is 11.9 Å². The number of rotatable bonds is 7. The molecule has 1 aromatic rings. The van der Waals surface area contributed by atoms with E-state index in [1.807, 2.05) is 12.1 Å². The largest absolute Gasteiger partial charge is 0.497 e. The van der Waals surface area contributed by atoms with Crippen LogP contribution in [0.5, 0.6) is 11.5 Å². The first-order valence-corrected chi connectivity index (χ1v) is 7.34.